The molecule has 488 valence electrons. The van der Waals surface area contributed by atoms with Crippen molar-refractivity contribution < 1.29 is 32.9 Å². The Hall–Kier alpha value is -1.80. The molecule has 0 saturated heterocycles. The Bertz CT molecular complexity index is 1540. The number of hydrogen-bond donors (Lipinski definition) is 3. The van der Waals surface area contributed by atoms with Gasteiger partial charge in [0.25, 0.3) is 0 Å². The van der Waals surface area contributed by atoms with Crippen LogP contribution in [0, 0.1) is 0 Å². The van der Waals surface area contributed by atoms with Crippen LogP contribution in [0.5, 0.6) is 0 Å². The van der Waals surface area contributed by atoms with Gasteiger partial charge in [-0.25, -0.2) is 4.57 Å². The molecule has 83 heavy (non-hydrogen) atoms. The van der Waals surface area contributed by atoms with E-state index in [0.717, 1.165) is 70.6 Å². The Morgan fingerprint density at radius 3 is 1.06 bits per heavy atom. The van der Waals surface area contributed by atoms with Gasteiger partial charge in [0.05, 0.1) is 39.9 Å². The fourth-order valence-electron chi connectivity index (χ4n) is 11.0. The zero-order valence-electron chi connectivity index (χ0n) is 55.9. The molecule has 0 aromatic carbocycles. The average Bonchev–Trinajstić information content (AvgIpc) is 3.50. The van der Waals surface area contributed by atoms with Crippen molar-refractivity contribution in [1.82, 2.24) is 5.32 Å². The first-order chi connectivity index (χ1) is 40.5. The number of hydrogen-bond acceptors (Lipinski definition) is 5. The highest BCUT2D eigenvalue weighted by Gasteiger charge is 2.28. The van der Waals surface area contributed by atoms with Crippen LogP contribution in [0.1, 0.15) is 354 Å². The summed E-state index contributed by atoms with van der Waals surface area (Å²) >= 11 is 0. The number of phosphoric ester groups is 1. The van der Waals surface area contributed by atoms with E-state index in [-0.39, 0.29) is 19.1 Å². The van der Waals surface area contributed by atoms with E-state index in [2.05, 4.69) is 79.9 Å². The van der Waals surface area contributed by atoms with Gasteiger partial charge in [-0.15, -0.1) is 0 Å². The van der Waals surface area contributed by atoms with Crippen LogP contribution in [0.15, 0.2) is 60.8 Å². The molecule has 0 fully saturated rings. The number of carbonyl (C=O) groups excluding carboxylic acids is 1. The molecule has 0 aliphatic rings. The number of allylic oxidation sites excluding steroid dienone is 10. The average molecular weight is 1190 g/mol. The number of quaternary nitrogens is 1. The fourth-order valence-corrected chi connectivity index (χ4v) is 11.7. The quantitative estimate of drug-likeness (QED) is 0.0243. The van der Waals surface area contributed by atoms with E-state index < -0.39 is 20.0 Å². The monoisotopic (exact) mass is 1190 g/mol. The third-order valence-corrected chi connectivity index (χ3v) is 17.5. The molecule has 3 unspecified atom stereocenters. The van der Waals surface area contributed by atoms with Crippen molar-refractivity contribution in [1.29, 1.82) is 0 Å². The SMILES string of the molecule is CC/C=C\C/C=C\C/C=C\C/C=C\C/C=C\CCCCCCCCCCCCCCCC(=O)NC(COP(=O)(O)OCC[N+](C)(C)C)C(O)CCCCCCCCCCCCCCCCCCCCCCCCCCCCCCCCCC. The molecule has 0 heterocycles. The third kappa shape index (κ3) is 67.6. The highest BCUT2D eigenvalue weighted by molar-refractivity contribution is 7.47. The molecule has 3 atom stereocenters. The van der Waals surface area contributed by atoms with Gasteiger partial charge in [-0.2, -0.15) is 0 Å². The van der Waals surface area contributed by atoms with Crippen LogP contribution >= 0.6 is 7.82 Å². The number of likely N-dealkylation sites (N-methyl/N-ethyl adjacent to an activating group) is 1. The van der Waals surface area contributed by atoms with Crippen molar-refractivity contribution >= 4 is 13.7 Å². The largest absolute Gasteiger partial charge is 0.472 e. The lowest BCUT2D eigenvalue weighted by Gasteiger charge is -2.26. The molecule has 0 spiro atoms. The topological polar surface area (TPSA) is 105 Å². The highest BCUT2D eigenvalue weighted by atomic mass is 31.2. The number of aliphatic hydroxyl groups is 1. The highest BCUT2D eigenvalue weighted by Crippen LogP contribution is 2.43. The van der Waals surface area contributed by atoms with E-state index in [0.29, 0.717) is 23.9 Å². The van der Waals surface area contributed by atoms with Crippen LogP contribution in [0.2, 0.25) is 0 Å². The van der Waals surface area contributed by atoms with Crippen molar-refractivity contribution in [2.75, 3.05) is 40.9 Å². The predicted octanol–water partition coefficient (Wildman–Crippen LogP) is 23.2. The Balaban J connectivity index is 4.01. The predicted molar refractivity (Wildman–Crippen MR) is 364 cm³/mol. The summed E-state index contributed by atoms with van der Waals surface area (Å²) in [6.07, 6.45) is 89.0. The minimum Gasteiger partial charge on any atom is -0.391 e. The second-order valence-corrected chi connectivity index (χ2v) is 27.4. The lowest BCUT2D eigenvalue weighted by molar-refractivity contribution is -0.870. The van der Waals surface area contributed by atoms with Crippen molar-refractivity contribution in [3.63, 3.8) is 0 Å². The van der Waals surface area contributed by atoms with Gasteiger partial charge in [-0.1, -0.05) is 351 Å². The molecule has 3 N–H and O–H groups in total. The first kappa shape index (κ1) is 81.2. The van der Waals surface area contributed by atoms with Gasteiger partial charge in [0.1, 0.15) is 13.2 Å². The zero-order valence-corrected chi connectivity index (χ0v) is 56.8. The van der Waals surface area contributed by atoms with Gasteiger partial charge in [0.15, 0.2) is 0 Å². The van der Waals surface area contributed by atoms with Crippen LogP contribution in [-0.4, -0.2) is 73.4 Å². The van der Waals surface area contributed by atoms with Crippen molar-refractivity contribution in [2.24, 2.45) is 0 Å². The molecular formula is C74H142N2O6P+. The first-order valence-electron chi connectivity index (χ1n) is 36.2. The van der Waals surface area contributed by atoms with Crippen LogP contribution in [0.4, 0.5) is 0 Å². The van der Waals surface area contributed by atoms with Crippen molar-refractivity contribution in [3.05, 3.63) is 60.8 Å². The third-order valence-electron chi connectivity index (χ3n) is 16.5. The minimum absolute atomic E-state index is 0.0739. The van der Waals surface area contributed by atoms with Crippen LogP contribution < -0.4 is 5.32 Å². The summed E-state index contributed by atoms with van der Waals surface area (Å²) < 4.78 is 23.9. The van der Waals surface area contributed by atoms with E-state index in [1.54, 1.807) is 0 Å². The summed E-state index contributed by atoms with van der Waals surface area (Å²) in [7, 11) is 1.62. The smallest absolute Gasteiger partial charge is 0.391 e. The van der Waals surface area contributed by atoms with Gasteiger partial charge in [-0.05, 0) is 57.8 Å². The number of aliphatic hydroxyl groups excluding tert-OH is 1. The fraction of sp³-hybridized carbons (Fsp3) is 0.851. The molecule has 0 rings (SSSR count). The molecule has 0 aliphatic heterocycles. The molecular weight excluding hydrogens is 1040 g/mol. The maximum absolute atomic E-state index is 13.1. The normalized spacial score (nSPS) is 14.0. The molecule has 9 heteroatoms. The van der Waals surface area contributed by atoms with Gasteiger partial charge in [-0.3, -0.25) is 13.8 Å². The summed E-state index contributed by atoms with van der Waals surface area (Å²) in [5.74, 6) is -0.142. The molecule has 0 aromatic rings. The standard InChI is InChI=1S/C74H141N2O6P/c1-6-8-10-12-14-16-18-20-22-24-26-28-30-32-34-36-37-38-40-41-43-45-47-49-51-53-55-57-59-61-63-65-67-73(77)72(71-82-83(79,80)81-70-69-76(3,4)5)75-74(78)68-66-64-62-60-58-56-54-52-50-48-46-44-42-39-35-33-31-29-27-25-23-21-19-17-15-13-11-9-7-2/h9,11,15,17,21,23,27,29,33,35,72-73,77H,6-8,10,12-14,16,18-20,22,24-26,28,30-32,34,36-71H2,1-5H3,(H-,75,78,79,80)/p+1/b11-9-,17-15-,23-21-,29-27-,35-33-. The van der Waals surface area contributed by atoms with Crippen LogP contribution in [0.3, 0.4) is 0 Å². The Labute approximate surface area is 517 Å². The number of rotatable bonds is 67. The van der Waals surface area contributed by atoms with E-state index in [4.69, 9.17) is 9.05 Å². The van der Waals surface area contributed by atoms with Crippen molar-refractivity contribution in [2.45, 2.75) is 366 Å². The number of phosphoric acid groups is 1. The summed E-state index contributed by atoms with van der Waals surface area (Å²) in [6, 6.07) is -0.766. The maximum atomic E-state index is 13.1. The van der Waals surface area contributed by atoms with Gasteiger partial charge in [0, 0.05) is 6.42 Å². The number of unbranched alkanes of at least 4 members (excludes halogenated alkanes) is 44. The minimum atomic E-state index is -4.33. The second kappa shape index (κ2) is 64.7. The van der Waals surface area contributed by atoms with E-state index >= 15 is 0 Å². The number of nitrogens with zero attached hydrogens (tertiary/aromatic N) is 1. The van der Waals surface area contributed by atoms with Crippen LogP contribution in [0.25, 0.3) is 0 Å². The van der Waals surface area contributed by atoms with E-state index in [1.807, 2.05) is 21.1 Å². The van der Waals surface area contributed by atoms with Gasteiger partial charge < -0.3 is 19.8 Å². The van der Waals surface area contributed by atoms with Crippen LogP contribution in [-0.2, 0) is 18.4 Å². The maximum Gasteiger partial charge on any atom is 0.472 e. The number of amides is 1. The summed E-state index contributed by atoms with van der Waals surface area (Å²) in [5, 5.41) is 14.2. The van der Waals surface area contributed by atoms with Crippen molar-refractivity contribution in [3.8, 4) is 0 Å². The number of carbonyl (C=O) groups is 1. The lowest BCUT2D eigenvalue weighted by Crippen LogP contribution is -2.46. The first-order valence-corrected chi connectivity index (χ1v) is 37.6. The molecule has 0 saturated carbocycles. The van der Waals surface area contributed by atoms with E-state index in [9.17, 15) is 19.4 Å². The van der Waals surface area contributed by atoms with Gasteiger partial charge >= 0.3 is 7.82 Å². The van der Waals surface area contributed by atoms with E-state index in [1.165, 1.54) is 257 Å². The molecule has 8 nitrogen and oxygen atoms in total. The Kier molecular flexibility index (Phi) is 63.3. The summed E-state index contributed by atoms with van der Waals surface area (Å²) in [6.45, 7) is 4.82. The molecule has 0 aliphatic carbocycles. The van der Waals surface area contributed by atoms with Gasteiger partial charge in [0.2, 0.25) is 5.91 Å². The Morgan fingerprint density at radius 2 is 0.723 bits per heavy atom. The molecule has 0 radical (unpaired) electrons. The molecule has 0 bridgehead atoms. The number of nitrogens with one attached hydrogen (secondary N) is 1. The molecule has 1 amide bonds. The Morgan fingerprint density at radius 1 is 0.422 bits per heavy atom. The second-order valence-electron chi connectivity index (χ2n) is 25.9. The summed E-state index contributed by atoms with van der Waals surface area (Å²) in [4.78, 5) is 23.5. The zero-order chi connectivity index (χ0) is 60.5. The summed E-state index contributed by atoms with van der Waals surface area (Å²) in [5.41, 5.74) is 0. The molecule has 0 aromatic heterocycles. The lowest BCUT2D eigenvalue weighted by atomic mass is 10.0.